The summed E-state index contributed by atoms with van der Waals surface area (Å²) in [7, 11) is 0. The lowest BCUT2D eigenvalue weighted by Crippen LogP contribution is -2.24. The normalized spacial score (nSPS) is 11.2. The Labute approximate surface area is 199 Å². The van der Waals surface area contributed by atoms with Crippen LogP contribution in [0, 0.1) is 4.77 Å². The molecule has 3 aromatic heterocycles. The van der Waals surface area contributed by atoms with Gasteiger partial charge in [-0.05, 0) is 48.6 Å². The van der Waals surface area contributed by atoms with Gasteiger partial charge < -0.3 is 0 Å². The number of hydrogen-bond donors (Lipinski definition) is 1. The van der Waals surface area contributed by atoms with E-state index in [9.17, 15) is 4.79 Å². The number of nitrogens with zero attached hydrogens (tertiary/aromatic N) is 5. The van der Waals surface area contributed by atoms with E-state index in [0.29, 0.717) is 39.5 Å². The number of aromatic amines is 1. The van der Waals surface area contributed by atoms with E-state index in [0.717, 1.165) is 17.2 Å². The second kappa shape index (κ2) is 9.51. The number of aromatic nitrogens is 6. The molecule has 0 spiro atoms. The van der Waals surface area contributed by atoms with Crippen molar-refractivity contribution in [3.8, 4) is 5.69 Å². The van der Waals surface area contributed by atoms with Gasteiger partial charge in [-0.1, -0.05) is 48.2 Å². The number of para-hydroxylation sites is 2. The highest BCUT2D eigenvalue weighted by Gasteiger charge is 2.15. The lowest BCUT2D eigenvalue weighted by molar-refractivity contribution is 0.590. The predicted octanol–water partition coefficient (Wildman–Crippen LogP) is 4.57. The Morgan fingerprint density at radius 1 is 0.970 bits per heavy atom. The molecular formula is C24H20N6OS2. The Hall–Kier alpha value is -3.56. The number of rotatable bonds is 7. The molecule has 0 atom stereocenters. The molecule has 0 aliphatic rings. The number of thioether (sulfide) groups is 1. The molecular weight excluding hydrogens is 452 g/mol. The summed E-state index contributed by atoms with van der Waals surface area (Å²) in [4.78, 5) is 22.5. The largest absolute Gasteiger partial charge is 0.287 e. The van der Waals surface area contributed by atoms with Gasteiger partial charge in [-0.3, -0.25) is 24.0 Å². The molecule has 5 rings (SSSR count). The average molecular weight is 473 g/mol. The minimum absolute atomic E-state index is 0.0547. The number of aryl methyl sites for hydroxylation is 1. The van der Waals surface area contributed by atoms with Crippen molar-refractivity contribution >= 4 is 34.9 Å². The first kappa shape index (κ1) is 21.3. The van der Waals surface area contributed by atoms with Gasteiger partial charge in [-0.25, -0.2) is 4.98 Å². The summed E-state index contributed by atoms with van der Waals surface area (Å²) in [5, 5.41) is 8.54. The van der Waals surface area contributed by atoms with Crippen molar-refractivity contribution in [1.82, 2.24) is 29.3 Å². The zero-order valence-corrected chi connectivity index (χ0v) is 19.2. The maximum Gasteiger partial charge on any atom is 0.262 e. The first-order chi connectivity index (χ1) is 16.2. The molecule has 0 aliphatic heterocycles. The minimum Gasteiger partial charge on any atom is -0.287 e. The summed E-state index contributed by atoms with van der Waals surface area (Å²) in [5.41, 5.74) is 2.49. The molecule has 0 aliphatic carbocycles. The van der Waals surface area contributed by atoms with Gasteiger partial charge in [0.15, 0.2) is 9.93 Å². The Morgan fingerprint density at radius 3 is 2.58 bits per heavy atom. The van der Waals surface area contributed by atoms with Crippen LogP contribution in [0.15, 0.2) is 88.9 Å². The highest BCUT2D eigenvalue weighted by Crippen LogP contribution is 2.23. The molecule has 0 saturated carbocycles. The van der Waals surface area contributed by atoms with E-state index in [1.807, 2.05) is 77.4 Å². The molecule has 1 N–H and O–H groups in total. The van der Waals surface area contributed by atoms with E-state index < -0.39 is 0 Å². The number of pyridine rings is 1. The number of hydrogen-bond acceptors (Lipinski definition) is 6. The SMILES string of the molecule is O=c1c2ccccc2nc(SCc2n[nH]c(=S)n2-c2ccccc2)n1CCc1ccccn1. The molecule has 7 nitrogen and oxygen atoms in total. The summed E-state index contributed by atoms with van der Waals surface area (Å²) in [5.74, 6) is 1.26. The van der Waals surface area contributed by atoms with Crippen molar-refractivity contribution in [3.63, 3.8) is 0 Å². The molecule has 0 unspecified atom stereocenters. The van der Waals surface area contributed by atoms with E-state index in [2.05, 4.69) is 15.2 Å². The van der Waals surface area contributed by atoms with Crippen LogP contribution in [0.25, 0.3) is 16.6 Å². The van der Waals surface area contributed by atoms with E-state index in [4.69, 9.17) is 17.2 Å². The fourth-order valence-electron chi connectivity index (χ4n) is 3.63. The van der Waals surface area contributed by atoms with E-state index in [-0.39, 0.29) is 5.56 Å². The Balaban J connectivity index is 1.49. The fraction of sp³-hybridized carbons (Fsp3) is 0.125. The summed E-state index contributed by atoms with van der Waals surface area (Å²) < 4.78 is 4.16. The Morgan fingerprint density at radius 2 is 1.76 bits per heavy atom. The second-order valence-corrected chi connectivity index (χ2v) is 8.67. The van der Waals surface area contributed by atoms with Crippen molar-refractivity contribution < 1.29 is 0 Å². The Kier molecular flexibility index (Phi) is 6.14. The van der Waals surface area contributed by atoms with Gasteiger partial charge in [-0.2, -0.15) is 5.10 Å². The highest BCUT2D eigenvalue weighted by atomic mass is 32.2. The number of H-pyrrole nitrogens is 1. The van der Waals surface area contributed by atoms with Gasteiger partial charge >= 0.3 is 0 Å². The van der Waals surface area contributed by atoms with Crippen molar-refractivity contribution in [1.29, 1.82) is 0 Å². The van der Waals surface area contributed by atoms with Crippen LogP contribution in [0.2, 0.25) is 0 Å². The molecule has 2 aromatic carbocycles. The van der Waals surface area contributed by atoms with Crippen LogP contribution >= 0.6 is 24.0 Å². The van der Waals surface area contributed by atoms with Crippen molar-refractivity contribution in [2.45, 2.75) is 23.9 Å². The van der Waals surface area contributed by atoms with E-state index >= 15 is 0 Å². The van der Waals surface area contributed by atoms with Crippen LogP contribution in [-0.4, -0.2) is 29.3 Å². The molecule has 0 amide bonds. The average Bonchev–Trinajstić information content (AvgIpc) is 3.23. The summed E-state index contributed by atoms with van der Waals surface area (Å²) in [6, 6.07) is 23.1. The fourth-order valence-corrected chi connectivity index (χ4v) is 4.83. The summed E-state index contributed by atoms with van der Waals surface area (Å²) in [6.45, 7) is 0.488. The summed E-state index contributed by atoms with van der Waals surface area (Å²) >= 11 is 6.92. The van der Waals surface area contributed by atoms with Crippen molar-refractivity contribution in [3.05, 3.63) is 106 Å². The van der Waals surface area contributed by atoms with Crippen molar-refractivity contribution in [2.75, 3.05) is 0 Å². The molecule has 9 heteroatoms. The molecule has 0 bridgehead atoms. The quantitative estimate of drug-likeness (QED) is 0.212. The first-order valence-corrected chi connectivity index (χ1v) is 11.8. The predicted molar refractivity (Wildman–Crippen MR) is 132 cm³/mol. The molecule has 0 radical (unpaired) electrons. The monoisotopic (exact) mass is 472 g/mol. The van der Waals surface area contributed by atoms with Gasteiger partial charge in [0.2, 0.25) is 0 Å². The number of fused-ring (bicyclic) bond motifs is 1. The van der Waals surface area contributed by atoms with Gasteiger partial charge in [0.05, 0.1) is 16.7 Å². The lowest BCUT2D eigenvalue weighted by atomic mass is 10.2. The smallest absolute Gasteiger partial charge is 0.262 e. The summed E-state index contributed by atoms with van der Waals surface area (Å²) in [6.07, 6.45) is 2.40. The zero-order valence-electron chi connectivity index (χ0n) is 17.6. The molecule has 164 valence electrons. The third kappa shape index (κ3) is 4.50. The van der Waals surface area contributed by atoms with Crippen LogP contribution in [0.4, 0.5) is 0 Å². The molecule has 0 fully saturated rings. The van der Waals surface area contributed by atoms with Crippen LogP contribution in [0.1, 0.15) is 11.5 Å². The topological polar surface area (TPSA) is 81.4 Å². The van der Waals surface area contributed by atoms with Gasteiger partial charge in [0.1, 0.15) is 5.82 Å². The highest BCUT2D eigenvalue weighted by molar-refractivity contribution is 7.98. The zero-order chi connectivity index (χ0) is 22.6. The van der Waals surface area contributed by atoms with E-state index in [1.54, 1.807) is 10.8 Å². The van der Waals surface area contributed by atoms with E-state index in [1.165, 1.54) is 11.8 Å². The van der Waals surface area contributed by atoms with Gasteiger partial charge in [0, 0.05) is 30.5 Å². The van der Waals surface area contributed by atoms with Crippen LogP contribution < -0.4 is 5.56 Å². The number of nitrogens with one attached hydrogen (secondary N) is 1. The van der Waals surface area contributed by atoms with Crippen LogP contribution in [0.3, 0.4) is 0 Å². The van der Waals surface area contributed by atoms with Crippen LogP contribution in [-0.2, 0) is 18.7 Å². The standard InChI is InChI=1S/C24H20N6OS2/c31-22-19-11-4-5-12-20(19)26-24(29(22)15-13-17-8-6-7-14-25-17)33-16-21-27-28-23(32)30(21)18-9-2-1-3-10-18/h1-12,14H,13,15-16H2,(H,28,32). The minimum atomic E-state index is -0.0547. The molecule has 3 heterocycles. The number of benzene rings is 2. The second-order valence-electron chi connectivity index (χ2n) is 7.34. The molecule has 33 heavy (non-hydrogen) atoms. The van der Waals surface area contributed by atoms with Crippen molar-refractivity contribution in [2.24, 2.45) is 0 Å². The third-order valence-electron chi connectivity index (χ3n) is 5.23. The molecule has 0 saturated heterocycles. The van der Waals surface area contributed by atoms with Gasteiger partial charge in [0.25, 0.3) is 5.56 Å². The Bertz CT molecular complexity index is 1510. The van der Waals surface area contributed by atoms with Crippen LogP contribution in [0.5, 0.6) is 0 Å². The molecule has 5 aromatic rings. The maximum absolute atomic E-state index is 13.3. The lowest BCUT2D eigenvalue weighted by Gasteiger charge is -2.13. The maximum atomic E-state index is 13.3. The third-order valence-corrected chi connectivity index (χ3v) is 6.48. The first-order valence-electron chi connectivity index (χ1n) is 10.4. The van der Waals surface area contributed by atoms with Gasteiger partial charge in [-0.15, -0.1) is 0 Å².